The van der Waals surface area contributed by atoms with E-state index < -0.39 is 6.10 Å². The SMILES string of the molecule is COc1ccc(C[C@H](C)N(Cc2ccccc2)C[C@@H](O)c2cc(OCc3ccccc3)cc(OCc3ccccc3)c2)cc1. The maximum Gasteiger partial charge on any atom is 0.123 e. The highest BCUT2D eigenvalue weighted by atomic mass is 16.5. The van der Waals surface area contributed by atoms with Crippen molar-refractivity contribution < 1.29 is 19.3 Å². The molecule has 0 amide bonds. The van der Waals surface area contributed by atoms with E-state index in [0.717, 1.165) is 35.4 Å². The minimum Gasteiger partial charge on any atom is -0.497 e. The highest BCUT2D eigenvalue weighted by Gasteiger charge is 2.21. The minimum absolute atomic E-state index is 0.171. The Balaban J connectivity index is 1.36. The highest BCUT2D eigenvalue weighted by molar-refractivity contribution is 5.40. The van der Waals surface area contributed by atoms with E-state index in [1.807, 2.05) is 97.1 Å². The summed E-state index contributed by atoms with van der Waals surface area (Å²) in [5.41, 5.74) is 5.33. The van der Waals surface area contributed by atoms with Crippen molar-refractivity contribution in [3.8, 4) is 17.2 Å². The zero-order chi connectivity index (χ0) is 30.6. The van der Waals surface area contributed by atoms with Crippen LogP contribution in [0.4, 0.5) is 0 Å². The average Bonchev–Trinajstić information content (AvgIpc) is 3.07. The lowest BCUT2D eigenvalue weighted by Gasteiger charge is -2.31. The molecular formula is C39H41NO4. The summed E-state index contributed by atoms with van der Waals surface area (Å²) in [6.45, 7) is 4.24. The molecule has 5 aromatic rings. The second kappa shape index (κ2) is 15.8. The van der Waals surface area contributed by atoms with Crippen molar-refractivity contribution in [3.05, 3.63) is 161 Å². The fourth-order valence-corrected chi connectivity index (χ4v) is 5.21. The number of hydrogen-bond donors (Lipinski definition) is 1. The summed E-state index contributed by atoms with van der Waals surface area (Å²) in [5.74, 6) is 2.17. The lowest BCUT2D eigenvalue weighted by atomic mass is 10.0. The van der Waals surface area contributed by atoms with Gasteiger partial charge in [0.1, 0.15) is 30.5 Å². The fourth-order valence-electron chi connectivity index (χ4n) is 5.21. The molecule has 0 radical (unpaired) electrons. The summed E-state index contributed by atoms with van der Waals surface area (Å²) in [6, 6.07) is 44.7. The van der Waals surface area contributed by atoms with Gasteiger partial charge in [0.2, 0.25) is 0 Å². The molecule has 5 rings (SSSR count). The van der Waals surface area contributed by atoms with E-state index >= 15 is 0 Å². The van der Waals surface area contributed by atoms with E-state index in [0.29, 0.717) is 31.3 Å². The summed E-state index contributed by atoms with van der Waals surface area (Å²) >= 11 is 0. The molecule has 0 spiro atoms. The van der Waals surface area contributed by atoms with E-state index in [1.165, 1.54) is 11.1 Å². The van der Waals surface area contributed by atoms with Gasteiger partial charge in [-0.1, -0.05) is 103 Å². The topological polar surface area (TPSA) is 51.2 Å². The number of hydrogen-bond acceptors (Lipinski definition) is 5. The van der Waals surface area contributed by atoms with Gasteiger partial charge in [-0.2, -0.15) is 0 Å². The molecule has 0 bridgehead atoms. The number of ether oxygens (including phenoxy) is 3. The van der Waals surface area contributed by atoms with Gasteiger partial charge in [-0.15, -0.1) is 0 Å². The first-order chi connectivity index (χ1) is 21.6. The molecule has 0 aliphatic carbocycles. The van der Waals surface area contributed by atoms with Crippen molar-refractivity contribution >= 4 is 0 Å². The first-order valence-electron chi connectivity index (χ1n) is 15.1. The molecule has 44 heavy (non-hydrogen) atoms. The Morgan fingerprint density at radius 1 is 0.591 bits per heavy atom. The molecule has 5 aromatic carbocycles. The van der Waals surface area contributed by atoms with Crippen LogP contribution in [0.3, 0.4) is 0 Å². The van der Waals surface area contributed by atoms with E-state index in [9.17, 15) is 5.11 Å². The van der Waals surface area contributed by atoms with Crippen LogP contribution in [-0.4, -0.2) is 29.7 Å². The largest absolute Gasteiger partial charge is 0.497 e. The fraction of sp³-hybridized carbons (Fsp3) is 0.231. The predicted molar refractivity (Wildman–Crippen MR) is 176 cm³/mol. The summed E-state index contributed by atoms with van der Waals surface area (Å²) in [6.07, 6.45) is 0.0891. The molecular weight excluding hydrogens is 546 g/mol. The Labute approximate surface area is 261 Å². The van der Waals surface area contributed by atoms with Crippen molar-refractivity contribution in [3.63, 3.8) is 0 Å². The van der Waals surface area contributed by atoms with Crippen molar-refractivity contribution in [1.29, 1.82) is 0 Å². The Bertz CT molecular complexity index is 1480. The van der Waals surface area contributed by atoms with Crippen LogP contribution in [0.15, 0.2) is 133 Å². The smallest absolute Gasteiger partial charge is 0.123 e. The molecule has 0 fully saturated rings. The van der Waals surface area contributed by atoms with Gasteiger partial charge in [0, 0.05) is 25.2 Å². The number of benzene rings is 5. The standard InChI is InChI=1S/C39H41NO4/c1-30(22-31-18-20-36(42-2)21-19-31)40(26-32-12-6-3-7-13-32)27-39(41)35-23-37(43-28-33-14-8-4-9-15-33)25-38(24-35)44-29-34-16-10-5-11-17-34/h3-21,23-25,30,39,41H,22,26-29H2,1-2H3/t30-,39+/m0/s1. The maximum atomic E-state index is 11.7. The van der Waals surface area contributed by atoms with Crippen LogP contribution in [0, 0.1) is 0 Å². The van der Waals surface area contributed by atoms with Gasteiger partial charge in [-0.25, -0.2) is 0 Å². The van der Waals surface area contributed by atoms with Crippen molar-refractivity contribution in [1.82, 2.24) is 4.90 Å². The maximum absolute atomic E-state index is 11.7. The van der Waals surface area contributed by atoms with Crippen LogP contribution in [0.5, 0.6) is 17.2 Å². The van der Waals surface area contributed by atoms with Gasteiger partial charge >= 0.3 is 0 Å². The lowest BCUT2D eigenvalue weighted by Crippen LogP contribution is -2.37. The lowest BCUT2D eigenvalue weighted by molar-refractivity contribution is 0.0854. The van der Waals surface area contributed by atoms with Crippen LogP contribution in [0.1, 0.15) is 40.8 Å². The first kappa shape index (κ1) is 30.9. The molecule has 2 atom stereocenters. The number of nitrogens with zero attached hydrogens (tertiary/aromatic N) is 1. The Kier molecular flexibility index (Phi) is 11.1. The van der Waals surface area contributed by atoms with Gasteiger partial charge in [-0.05, 0) is 65.4 Å². The molecule has 0 saturated carbocycles. The molecule has 0 aromatic heterocycles. The van der Waals surface area contributed by atoms with Gasteiger partial charge in [0.15, 0.2) is 0 Å². The Morgan fingerprint density at radius 2 is 1.09 bits per heavy atom. The van der Waals surface area contributed by atoms with Crippen molar-refractivity contribution in [2.24, 2.45) is 0 Å². The van der Waals surface area contributed by atoms with Crippen LogP contribution < -0.4 is 14.2 Å². The van der Waals surface area contributed by atoms with Crippen LogP contribution in [-0.2, 0) is 26.2 Å². The van der Waals surface area contributed by atoms with E-state index in [2.05, 4.69) is 48.2 Å². The monoisotopic (exact) mass is 587 g/mol. The highest BCUT2D eigenvalue weighted by Crippen LogP contribution is 2.30. The second-order valence-electron chi connectivity index (χ2n) is 11.1. The van der Waals surface area contributed by atoms with Gasteiger partial charge in [0.05, 0.1) is 13.2 Å². The molecule has 0 aliphatic rings. The van der Waals surface area contributed by atoms with Crippen molar-refractivity contribution in [2.45, 2.75) is 45.2 Å². The van der Waals surface area contributed by atoms with E-state index in [-0.39, 0.29) is 6.04 Å². The zero-order valence-corrected chi connectivity index (χ0v) is 25.5. The summed E-state index contributed by atoms with van der Waals surface area (Å²) in [4.78, 5) is 2.34. The average molecular weight is 588 g/mol. The van der Waals surface area contributed by atoms with Gasteiger partial charge in [-0.3, -0.25) is 4.90 Å². The second-order valence-corrected chi connectivity index (χ2v) is 11.1. The van der Waals surface area contributed by atoms with Crippen LogP contribution >= 0.6 is 0 Å². The van der Waals surface area contributed by atoms with Crippen LogP contribution in [0.2, 0.25) is 0 Å². The Morgan fingerprint density at radius 3 is 1.59 bits per heavy atom. The number of methoxy groups -OCH3 is 1. The molecule has 226 valence electrons. The molecule has 0 heterocycles. The third-order valence-corrected chi connectivity index (χ3v) is 7.73. The molecule has 0 aliphatic heterocycles. The van der Waals surface area contributed by atoms with Crippen LogP contribution in [0.25, 0.3) is 0 Å². The van der Waals surface area contributed by atoms with E-state index in [1.54, 1.807) is 7.11 Å². The predicted octanol–water partition coefficient (Wildman–Crippen LogP) is 8.02. The molecule has 0 unspecified atom stereocenters. The number of aliphatic hydroxyl groups excluding tert-OH is 1. The third-order valence-electron chi connectivity index (χ3n) is 7.73. The molecule has 0 saturated heterocycles. The molecule has 1 N–H and O–H groups in total. The molecule has 5 heteroatoms. The summed E-state index contributed by atoms with van der Waals surface area (Å²) < 4.78 is 17.8. The normalized spacial score (nSPS) is 12.5. The van der Waals surface area contributed by atoms with Gasteiger partial charge < -0.3 is 19.3 Å². The first-order valence-corrected chi connectivity index (χ1v) is 15.1. The third kappa shape index (κ3) is 9.21. The minimum atomic E-state index is -0.753. The van der Waals surface area contributed by atoms with Crippen molar-refractivity contribution in [2.75, 3.05) is 13.7 Å². The summed E-state index contributed by atoms with van der Waals surface area (Å²) in [5, 5.41) is 11.7. The number of rotatable bonds is 15. The zero-order valence-electron chi connectivity index (χ0n) is 25.5. The Hall–Kier alpha value is -4.58. The quantitative estimate of drug-likeness (QED) is 0.134. The summed E-state index contributed by atoms with van der Waals surface area (Å²) in [7, 11) is 1.68. The number of aliphatic hydroxyl groups is 1. The van der Waals surface area contributed by atoms with Gasteiger partial charge in [0.25, 0.3) is 0 Å². The molecule has 5 nitrogen and oxygen atoms in total. The van der Waals surface area contributed by atoms with E-state index in [4.69, 9.17) is 14.2 Å².